The number of hydrogen-bond donors (Lipinski definition) is 0. The molecule has 0 aliphatic carbocycles. The molecule has 1 aliphatic rings. The van der Waals surface area contributed by atoms with E-state index >= 15 is 0 Å². The van der Waals surface area contributed by atoms with Crippen LogP contribution in [0.5, 0.6) is 0 Å². The molecule has 200 valence electrons. The molecule has 0 bridgehead atoms. The third-order valence-electron chi connectivity index (χ3n) is 9.03. The number of nitrogens with zero attached hydrogens (tertiary/aromatic N) is 1. The Morgan fingerprint density at radius 3 is 1.86 bits per heavy atom. The molecule has 42 heavy (non-hydrogen) atoms. The Hall–Kier alpha value is -4.92. The van der Waals surface area contributed by atoms with Crippen molar-refractivity contribution in [3.05, 3.63) is 152 Å². The zero-order chi connectivity index (χ0) is 28.3. The van der Waals surface area contributed by atoms with Crippen LogP contribution >= 0.6 is 0 Å². The van der Waals surface area contributed by atoms with Crippen LogP contribution < -0.4 is 15.3 Å². The Labute approximate surface area is 248 Å². The SMILES string of the molecule is C[Si]1(C)c2cc(N(c3ccccc3)c3ccc(-c4ccc5ccccc5c4)cc3)ccc2-c2c1ccc1ccccc21. The highest BCUT2D eigenvalue weighted by molar-refractivity contribution is 7.04. The van der Waals surface area contributed by atoms with Crippen LogP contribution in [0, 0.1) is 0 Å². The molecule has 8 rings (SSSR count). The highest BCUT2D eigenvalue weighted by Gasteiger charge is 2.38. The van der Waals surface area contributed by atoms with E-state index < -0.39 is 8.07 Å². The van der Waals surface area contributed by atoms with Gasteiger partial charge in [-0.1, -0.05) is 122 Å². The van der Waals surface area contributed by atoms with Gasteiger partial charge in [0.2, 0.25) is 0 Å². The van der Waals surface area contributed by atoms with Gasteiger partial charge in [0.05, 0.1) is 0 Å². The molecule has 1 nitrogen and oxygen atoms in total. The predicted octanol–water partition coefficient (Wildman–Crippen LogP) is 9.93. The summed E-state index contributed by atoms with van der Waals surface area (Å²) >= 11 is 0. The van der Waals surface area contributed by atoms with E-state index in [4.69, 9.17) is 0 Å². The van der Waals surface area contributed by atoms with Crippen molar-refractivity contribution in [2.75, 3.05) is 4.90 Å². The molecule has 7 aromatic rings. The van der Waals surface area contributed by atoms with Crippen LogP contribution in [0.2, 0.25) is 13.1 Å². The molecule has 0 radical (unpaired) electrons. The van der Waals surface area contributed by atoms with Crippen molar-refractivity contribution < 1.29 is 0 Å². The van der Waals surface area contributed by atoms with Gasteiger partial charge in [0.1, 0.15) is 8.07 Å². The van der Waals surface area contributed by atoms with Crippen LogP contribution in [-0.4, -0.2) is 8.07 Å². The van der Waals surface area contributed by atoms with Gasteiger partial charge in [-0.05, 0) is 96.6 Å². The zero-order valence-corrected chi connectivity index (χ0v) is 24.9. The fraction of sp³-hybridized carbons (Fsp3) is 0.0500. The van der Waals surface area contributed by atoms with Gasteiger partial charge in [0.15, 0.2) is 0 Å². The summed E-state index contributed by atoms with van der Waals surface area (Å²) in [4.78, 5) is 2.40. The molecular weight excluding hydrogens is 523 g/mol. The van der Waals surface area contributed by atoms with Crippen LogP contribution in [-0.2, 0) is 0 Å². The fourth-order valence-electron chi connectivity index (χ4n) is 6.83. The lowest BCUT2D eigenvalue weighted by molar-refractivity contribution is 1.29. The molecule has 0 atom stereocenters. The molecule has 1 heterocycles. The van der Waals surface area contributed by atoms with Crippen molar-refractivity contribution in [3.63, 3.8) is 0 Å². The van der Waals surface area contributed by atoms with Gasteiger partial charge in [0, 0.05) is 17.1 Å². The summed E-state index contributed by atoms with van der Waals surface area (Å²) in [7, 11) is -1.88. The lowest BCUT2D eigenvalue weighted by atomic mass is 9.98. The summed E-state index contributed by atoms with van der Waals surface area (Å²) in [6.07, 6.45) is 0. The van der Waals surface area contributed by atoms with Crippen LogP contribution in [0.3, 0.4) is 0 Å². The van der Waals surface area contributed by atoms with Crippen molar-refractivity contribution in [1.82, 2.24) is 0 Å². The molecule has 0 fully saturated rings. The van der Waals surface area contributed by atoms with Crippen molar-refractivity contribution in [3.8, 4) is 22.3 Å². The Bertz CT molecular complexity index is 2110. The molecule has 7 aromatic carbocycles. The molecule has 0 spiro atoms. The van der Waals surface area contributed by atoms with Crippen LogP contribution in [0.25, 0.3) is 43.8 Å². The molecule has 0 amide bonds. The summed E-state index contributed by atoms with van der Waals surface area (Å²) < 4.78 is 0. The van der Waals surface area contributed by atoms with Crippen LogP contribution in [0.4, 0.5) is 17.1 Å². The first kappa shape index (κ1) is 24.8. The minimum absolute atomic E-state index is 1.16. The van der Waals surface area contributed by atoms with Crippen LogP contribution in [0.15, 0.2) is 152 Å². The van der Waals surface area contributed by atoms with Crippen molar-refractivity contribution in [1.29, 1.82) is 0 Å². The molecule has 0 saturated carbocycles. The van der Waals surface area contributed by atoms with Gasteiger partial charge in [-0.2, -0.15) is 0 Å². The first-order valence-corrected chi connectivity index (χ1v) is 17.7. The van der Waals surface area contributed by atoms with E-state index in [9.17, 15) is 0 Å². The Morgan fingerprint density at radius 1 is 0.429 bits per heavy atom. The average Bonchev–Trinajstić information content (AvgIpc) is 3.28. The van der Waals surface area contributed by atoms with E-state index in [1.807, 2.05) is 0 Å². The van der Waals surface area contributed by atoms with Gasteiger partial charge in [-0.15, -0.1) is 0 Å². The van der Waals surface area contributed by atoms with Crippen molar-refractivity contribution in [2.24, 2.45) is 0 Å². The quantitative estimate of drug-likeness (QED) is 0.196. The maximum absolute atomic E-state index is 2.50. The third-order valence-corrected chi connectivity index (χ3v) is 12.6. The molecule has 2 heteroatoms. The average molecular weight is 554 g/mol. The van der Waals surface area contributed by atoms with E-state index in [2.05, 4.69) is 170 Å². The summed E-state index contributed by atoms with van der Waals surface area (Å²) in [5.74, 6) is 0. The van der Waals surface area contributed by atoms with Gasteiger partial charge in [0.25, 0.3) is 0 Å². The monoisotopic (exact) mass is 553 g/mol. The van der Waals surface area contributed by atoms with Gasteiger partial charge in [-0.3, -0.25) is 0 Å². The summed E-state index contributed by atoms with van der Waals surface area (Å²) in [5, 5.41) is 8.27. The van der Waals surface area contributed by atoms with E-state index in [1.54, 1.807) is 5.19 Å². The summed E-state index contributed by atoms with van der Waals surface area (Å²) in [6.45, 7) is 5.00. The first-order valence-electron chi connectivity index (χ1n) is 14.7. The van der Waals surface area contributed by atoms with E-state index in [-0.39, 0.29) is 0 Å². The van der Waals surface area contributed by atoms with Gasteiger partial charge >= 0.3 is 0 Å². The Balaban J connectivity index is 1.24. The van der Waals surface area contributed by atoms with E-state index in [0.717, 1.165) is 11.4 Å². The molecular formula is C40H31NSi. The number of hydrogen-bond acceptors (Lipinski definition) is 1. The number of anilines is 3. The number of para-hydroxylation sites is 1. The highest BCUT2D eigenvalue weighted by atomic mass is 28.3. The van der Waals surface area contributed by atoms with E-state index in [1.165, 1.54) is 54.7 Å². The lowest BCUT2D eigenvalue weighted by Gasteiger charge is -2.27. The second-order valence-corrected chi connectivity index (χ2v) is 16.2. The standard InChI is InChI=1S/C40H31NSi/c1-42(2)38-25-20-30-11-8-9-15-36(30)40(38)37-24-23-35(27-39(37)42)41(33-13-4-3-5-14-33)34-21-18-29(19-22-34)32-17-16-28-10-6-7-12-31(28)26-32/h3-27H,1-2H3. The Morgan fingerprint density at radius 2 is 1.05 bits per heavy atom. The number of rotatable bonds is 4. The summed E-state index contributed by atoms with van der Waals surface area (Å²) in [5.41, 5.74) is 8.84. The second kappa shape index (κ2) is 9.58. The largest absolute Gasteiger partial charge is 0.311 e. The van der Waals surface area contributed by atoms with Gasteiger partial charge < -0.3 is 4.90 Å². The highest BCUT2D eigenvalue weighted by Crippen LogP contribution is 2.40. The third kappa shape index (κ3) is 3.91. The van der Waals surface area contributed by atoms with Gasteiger partial charge in [-0.25, -0.2) is 0 Å². The smallest absolute Gasteiger partial charge is 0.113 e. The zero-order valence-electron chi connectivity index (χ0n) is 23.9. The van der Waals surface area contributed by atoms with Crippen LogP contribution in [0.1, 0.15) is 0 Å². The molecule has 0 saturated heterocycles. The van der Waals surface area contributed by atoms with Crippen molar-refractivity contribution >= 4 is 57.1 Å². The first-order chi connectivity index (χ1) is 20.6. The normalized spacial score (nSPS) is 13.2. The minimum atomic E-state index is -1.88. The molecule has 0 unspecified atom stereocenters. The maximum Gasteiger partial charge on any atom is 0.113 e. The van der Waals surface area contributed by atoms with E-state index in [0.29, 0.717) is 0 Å². The molecule has 1 aliphatic heterocycles. The topological polar surface area (TPSA) is 3.24 Å². The fourth-order valence-corrected chi connectivity index (χ4v) is 9.91. The summed E-state index contributed by atoms with van der Waals surface area (Å²) in [6, 6.07) is 55.7. The minimum Gasteiger partial charge on any atom is -0.311 e. The lowest BCUT2D eigenvalue weighted by Crippen LogP contribution is -2.49. The maximum atomic E-state index is 2.50. The Kier molecular flexibility index (Phi) is 5.66. The molecule has 0 aromatic heterocycles. The number of benzene rings is 7. The predicted molar refractivity (Wildman–Crippen MR) is 184 cm³/mol. The van der Waals surface area contributed by atoms with Crippen molar-refractivity contribution in [2.45, 2.75) is 13.1 Å². The number of fused-ring (bicyclic) bond motifs is 6. The molecule has 0 N–H and O–H groups in total. The second-order valence-electron chi connectivity index (χ2n) is 11.8.